The molecule has 2 amide bonds. The van der Waals surface area contributed by atoms with E-state index in [0.717, 1.165) is 0 Å². The average Bonchev–Trinajstić information content (AvgIpc) is 2.09. The highest BCUT2D eigenvalue weighted by Gasteiger charge is 2.31. The summed E-state index contributed by atoms with van der Waals surface area (Å²) in [5.41, 5.74) is 0. The highest BCUT2D eigenvalue weighted by molar-refractivity contribution is 5.92. The van der Waals surface area contributed by atoms with E-state index < -0.39 is 6.10 Å². The zero-order valence-corrected chi connectivity index (χ0v) is 9.43. The molecule has 0 aromatic heterocycles. The molecule has 1 N–H and O–H groups in total. The summed E-state index contributed by atoms with van der Waals surface area (Å²) in [5.74, 6) is -0.144. The van der Waals surface area contributed by atoms with Crippen LogP contribution in [0.15, 0.2) is 0 Å². The molecular formula is C10H18N2O3. The number of aliphatic hydroxyl groups is 1. The Hall–Kier alpha value is -1.10. The minimum absolute atomic E-state index is 0.0507. The van der Waals surface area contributed by atoms with Gasteiger partial charge in [0.05, 0.1) is 12.6 Å². The van der Waals surface area contributed by atoms with Gasteiger partial charge in [-0.1, -0.05) is 0 Å². The highest BCUT2D eigenvalue weighted by Crippen LogP contribution is 2.09. The molecule has 0 aromatic carbocycles. The normalized spacial score (nSPS) is 20.1. The van der Waals surface area contributed by atoms with Gasteiger partial charge in [-0.3, -0.25) is 9.59 Å². The van der Waals surface area contributed by atoms with Gasteiger partial charge in [-0.25, -0.2) is 0 Å². The molecule has 1 aliphatic rings. The van der Waals surface area contributed by atoms with Gasteiger partial charge >= 0.3 is 0 Å². The van der Waals surface area contributed by atoms with Crippen LogP contribution in [0.4, 0.5) is 0 Å². The molecule has 5 nitrogen and oxygen atoms in total. The molecule has 86 valence electrons. The van der Waals surface area contributed by atoms with E-state index in [9.17, 15) is 9.59 Å². The minimum Gasteiger partial charge on any atom is -0.392 e. The first kappa shape index (κ1) is 12.0. The van der Waals surface area contributed by atoms with E-state index in [1.165, 1.54) is 4.90 Å². The summed E-state index contributed by atoms with van der Waals surface area (Å²) >= 11 is 0. The lowest BCUT2D eigenvalue weighted by Crippen LogP contribution is -2.56. The fourth-order valence-corrected chi connectivity index (χ4v) is 1.63. The molecule has 1 fully saturated rings. The number of amides is 2. The number of β-amino-alcohol motifs (C(OH)–C–C–N with tert-alkyl or cyclic N) is 1. The molecule has 1 saturated heterocycles. The van der Waals surface area contributed by atoms with Gasteiger partial charge in [0.25, 0.3) is 0 Å². The molecule has 1 rings (SSSR count). The maximum absolute atomic E-state index is 11.6. The van der Waals surface area contributed by atoms with Crippen molar-refractivity contribution < 1.29 is 14.7 Å². The number of aliphatic hydroxyl groups excluding tert-OH is 1. The van der Waals surface area contributed by atoms with E-state index in [1.807, 2.05) is 13.8 Å². The molecule has 1 heterocycles. The maximum Gasteiger partial charge on any atom is 0.242 e. The number of nitrogens with zero attached hydrogens (tertiary/aromatic N) is 2. The molecule has 1 unspecified atom stereocenters. The van der Waals surface area contributed by atoms with Crippen molar-refractivity contribution in [2.75, 3.05) is 19.6 Å². The van der Waals surface area contributed by atoms with Crippen LogP contribution in [0.2, 0.25) is 0 Å². The van der Waals surface area contributed by atoms with E-state index in [-0.39, 0.29) is 37.5 Å². The van der Waals surface area contributed by atoms with Crippen molar-refractivity contribution in [1.29, 1.82) is 0 Å². The Morgan fingerprint density at radius 1 is 1.20 bits per heavy atom. The van der Waals surface area contributed by atoms with Crippen LogP contribution in [-0.4, -0.2) is 58.5 Å². The van der Waals surface area contributed by atoms with E-state index in [4.69, 9.17) is 5.11 Å². The summed E-state index contributed by atoms with van der Waals surface area (Å²) in [6.07, 6.45) is -0.590. The minimum atomic E-state index is -0.590. The standard InChI is InChI=1S/C10H18N2O3/c1-7(2)12-6-9(14)11(4-8(3)13)5-10(12)15/h7-8,13H,4-6H2,1-3H3. The van der Waals surface area contributed by atoms with Gasteiger partial charge in [0.2, 0.25) is 11.8 Å². The third-order valence-corrected chi connectivity index (χ3v) is 2.41. The summed E-state index contributed by atoms with van der Waals surface area (Å²) in [6.45, 7) is 5.82. The van der Waals surface area contributed by atoms with Gasteiger partial charge in [-0.2, -0.15) is 0 Å². The number of hydrogen-bond donors (Lipinski definition) is 1. The predicted octanol–water partition coefficient (Wildman–Crippen LogP) is -0.554. The van der Waals surface area contributed by atoms with E-state index in [0.29, 0.717) is 0 Å². The van der Waals surface area contributed by atoms with E-state index >= 15 is 0 Å². The molecular weight excluding hydrogens is 196 g/mol. The predicted molar refractivity (Wildman–Crippen MR) is 55.1 cm³/mol. The molecule has 0 aliphatic carbocycles. The van der Waals surface area contributed by atoms with Gasteiger partial charge in [0.15, 0.2) is 0 Å². The zero-order chi connectivity index (χ0) is 11.6. The van der Waals surface area contributed by atoms with E-state index in [2.05, 4.69) is 0 Å². The second-order valence-corrected chi connectivity index (χ2v) is 4.24. The van der Waals surface area contributed by atoms with Crippen molar-refractivity contribution in [1.82, 2.24) is 9.80 Å². The second kappa shape index (κ2) is 4.61. The smallest absolute Gasteiger partial charge is 0.242 e. The van der Waals surface area contributed by atoms with Crippen LogP contribution in [0.25, 0.3) is 0 Å². The number of hydrogen-bond acceptors (Lipinski definition) is 3. The van der Waals surface area contributed by atoms with Crippen LogP contribution < -0.4 is 0 Å². The Balaban J connectivity index is 2.63. The largest absolute Gasteiger partial charge is 0.392 e. The SMILES string of the molecule is CC(O)CN1CC(=O)N(C(C)C)CC1=O. The molecule has 5 heteroatoms. The Labute approximate surface area is 89.7 Å². The van der Waals surface area contributed by atoms with Crippen LogP contribution in [0.3, 0.4) is 0 Å². The van der Waals surface area contributed by atoms with Crippen molar-refractivity contribution in [3.8, 4) is 0 Å². The molecule has 0 saturated carbocycles. The number of carbonyl (C=O) groups is 2. The van der Waals surface area contributed by atoms with Crippen molar-refractivity contribution in [2.24, 2.45) is 0 Å². The first-order valence-electron chi connectivity index (χ1n) is 5.17. The molecule has 0 bridgehead atoms. The lowest BCUT2D eigenvalue weighted by Gasteiger charge is -2.36. The molecule has 0 radical (unpaired) electrons. The van der Waals surface area contributed by atoms with Crippen LogP contribution in [0.5, 0.6) is 0 Å². The van der Waals surface area contributed by atoms with Crippen LogP contribution in [0, 0.1) is 0 Å². The van der Waals surface area contributed by atoms with Crippen LogP contribution in [-0.2, 0) is 9.59 Å². The quantitative estimate of drug-likeness (QED) is 0.685. The number of carbonyl (C=O) groups excluding carboxylic acids is 2. The van der Waals surface area contributed by atoms with Crippen molar-refractivity contribution >= 4 is 11.8 Å². The molecule has 0 aromatic rings. The van der Waals surface area contributed by atoms with Gasteiger partial charge in [0.1, 0.15) is 6.54 Å². The molecule has 1 atom stereocenters. The van der Waals surface area contributed by atoms with Crippen LogP contribution in [0.1, 0.15) is 20.8 Å². The summed E-state index contributed by atoms with van der Waals surface area (Å²) < 4.78 is 0. The molecule has 1 aliphatic heterocycles. The van der Waals surface area contributed by atoms with Crippen LogP contribution >= 0.6 is 0 Å². The van der Waals surface area contributed by atoms with Crippen molar-refractivity contribution in [3.05, 3.63) is 0 Å². The van der Waals surface area contributed by atoms with Gasteiger partial charge < -0.3 is 14.9 Å². The first-order valence-corrected chi connectivity index (χ1v) is 5.17. The second-order valence-electron chi connectivity index (χ2n) is 4.24. The number of rotatable bonds is 3. The summed E-state index contributed by atoms with van der Waals surface area (Å²) in [4.78, 5) is 26.2. The number of piperazine rings is 1. The summed E-state index contributed by atoms with van der Waals surface area (Å²) in [5, 5.41) is 9.16. The highest BCUT2D eigenvalue weighted by atomic mass is 16.3. The maximum atomic E-state index is 11.6. The fraction of sp³-hybridized carbons (Fsp3) is 0.800. The third kappa shape index (κ3) is 2.92. The van der Waals surface area contributed by atoms with Gasteiger partial charge in [-0.05, 0) is 20.8 Å². The van der Waals surface area contributed by atoms with Gasteiger partial charge in [0, 0.05) is 12.6 Å². The van der Waals surface area contributed by atoms with Crippen molar-refractivity contribution in [2.45, 2.75) is 32.9 Å². The third-order valence-electron chi connectivity index (χ3n) is 2.41. The molecule has 0 spiro atoms. The summed E-state index contributed by atoms with van der Waals surface area (Å²) in [6, 6.07) is 0.0511. The fourth-order valence-electron chi connectivity index (χ4n) is 1.63. The topological polar surface area (TPSA) is 60.9 Å². The lowest BCUT2D eigenvalue weighted by atomic mass is 10.2. The average molecular weight is 214 g/mol. The lowest BCUT2D eigenvalue weighted by molar-refractivity contribution is -0.152. The Morgan fingerprint density at radius 2 is 1.80 bits per heavy atom. The first-order chi connectivity index (χ1) is 6.91. The Bertz CT molecular complexity index is 263. The van der Waals surface area contributed by atoms with E-state index in [1.54, 1.807) is 11.8 Å². The zero-order valence-electron chi connectivity index (χ0n) is 9.43. The molecule has 15 heavy (non-hydrogen) atoms. The Kier molecular flexibility index (Phi) is 3.68. The van der Waals surface area contributed by atoms with Crippen molar-refractivity contribution in [3.63, 3.8) is 0 Å². The Morgan fingerprint density at radius 3 is 2.27 bits per heavy atom. The van der Waals surface area contributed by atoms with Gasteiger partial charge in [-0.15, -0.1) is 0 Å². The monoisotopic (exact) mass is 214 g/mol. The summed E-state index contributed by atoms with van der Waals surface area (Å²) in [7, 11) is 0.